The Morgan fingerprint density at radius 2 is 1.75 bits per heavy atom. The normalized spacial score (nSPS) is 10.3. The zero-order chi connectivity index (χ0) is 14.9. The number of ether oxygens (including phenoxy) is 1. The van der Waals surface area contributed by atoms with Gasteiger partial charge in [-0.2, -0.15) is 4.39 Å². The number of hydrogen-bond donors (Lipinski definition) is 2. The predicted molar refractivity (Wildman–Crippen MR) is 65.8 cm³/mol. The lowest BCUT2D eigenvalue weighted by Crippen LogP contribution is -2.12. The first-order valence-corrected chi connectivity index (χ1v) is 5.41. The van der Waals surface area contributed by atoms with E-state index in [0.717, 1.165) is 24.3 Å². The molecule has 7 heteroatoms. The highest BCUT2D eigenvalue weighted by Gasteiger charge is 2.16. The van der Waals surface area contributed by atoms with Crippen LogP contribution in [0.2, 0.25) is 0 Å². The SMILES string of the molecule is NC(=O)c1ccc(Oc2c(N)ccc(F)c2F)cc1F. The second-order valence-corrected chi connectivity index (χ2v) is 3.89. The first-order valence-electron chi connectivity index (χ1n) is 5.41. The fourth-order valence-corrected chi connectivity index (χ4v) is 1.53. The average molecular weight is 282 g/mol. The summed E-state index contributed by atoms with van der Waals surface area (Å²) in [7, 11) is 0. The van der Waals surface area contributed by atoms with Crippen LogP contribution in [0.25, 0.3) is 0 Å². The first-order chi connectivity index (χ1) is 9.40. The lowest BCUT2D eigenvalue weighted by molar-refractivity contribution is 0.0996. The molecule has 0 heterocycles. The van der Waals surface area contributed by atoms with Crippen LogP contribution in [0.3, 0.4) is 0 Å². The molecule has 0 fully saturated rings. The van der Waals surface area contributed by atoms with E-state index in [1.807, 2.05) is 0 Å². The van der Waals surface area contributed by atoms with Crippen molar-refractivity contribution >= 4 is 11.6 Å². The van der Waals surface area contributed by atoms with Gasteiger partial charge in [0.2, 0.25) is 5.82 Å². The first kappa shape index (κ1) is 13.7. The molecule has 2 rings (SSSR count). The van der Waals surface area contributed by atoms with Crippen LogP contribution in [0.4, 0.5) is 18.9 Å². The maximum atomic E-state index is 13.5. The van der Waals surface area contributed by atoms with Crippen molar-refractivity contribution in [3.8, 4) is 11.5 Å². The van der Waals surface area contributed by atoms with Crippen LogP contribution < -0.4 is 16.2 Å². The number of rotatable bonds is 3. The predicted octanol–water partition coefficient (Wildman–Crippen LogP) is 2.58. The van der Waals surface area contributed by atoms with Crippen molar-refractivity contribution in [1.82, 2.24) is 0 Å². The molecule has 0 unspecified atom stereocenters. The van der Waals surface area contributed by atoms with E-state index >= 15 is 0 Å². The van der Waals surface area contributed by atoms with Crippen molar-refractivity contribution in [3.63, 3.8) is 0 Å². The van der Waals surface area contributed by atoms with E-state index in [9.17, 15) is 18.0 Å². The van der Waals surface area contributed by atoms with Crippen molar-refractivity contribution < 1.29 is 22.7 Å². The van der Waals surface area contributed by atoms with E-state index in [2.05, 4.69) is 0 Å². The van der Waals surface area contributed by atoms with Crippen molar-refractivity contribution in [2.75, 3.05) is 5.73 Å². The zero-order valence-corrected chi connectivity index (χ0v) is 9.99. The molecule has 1 amide bonds. The van der Waals surface area contributed by atoms with Crippen LogP contribution in [0.1, 0.15) is 10.4 Å². The molecule has 0 aliphatic carbocycles. The minimum atomic E-state index is -1.29. The number of anilines is 1. The van der Waals surface area contributed by atoms with E-state index in [0.29, 0.717) is 0 Å². The summed E-state index contributed by atoms with van der Waals surface area (Å²) in [5.74, 6) is -5.04. The zero-order valence-electron chi connectivity index (χ0n) is 9.99. The van der Waals surface area contributed by atoms with Crippen LogP contribution >= 0.6 is 0 Å². The van der Waals surface area contributed by atoms with Gasteiger partial charge in [-0.1, -0.05) is 0 Å². The topological polar surface area (TPSA) is 78.3 Å². The Bertz CT molecular complexity index is 690. The van der Waals surface area contributed by atoms with E-state index < -0.39 is 29.1 Å². The molecule has 0 saturated heterocycles. The quantitative estimate of drug-likeness (QED) is 0.849. The number of nitrogen functional groups attached to an aromatic ring is 1. The fraction of sp³-hybridized carbons (Fsp3) is 0. The summed E-state index contributed by atoms with van der Waals surface area (Å²) in [5.41, 5.74) is 9.90. The molecule has 4 N–H and O–H groups in total. The molecular formula is C13H9F3N2O2. The van der Waals surface area contributed by atoms with Crippen molar-refractivity contribution in [1.29, 1.82) is 0 Å². The third-order valence-corrected chi connectivity index (χ3v) is 2.51. The van der Waals surface area contributed by atoms with Crippen molar-refractivity contribution in [2.45, 2.75) is 0 Å². The lowest BCUT2D eigenvalue weighted by Gasteiger charge is -2.10. The Kier molecular flexibility index (Phi) is 3.51. The molecule has 0 bridgehead atoms. The monoisotopic (exact) mass is 282 g/mol. The van der Waals surface area contributed by atoms with Crippen LogP contribution in [0.15, 0.2) is 30.3 Å². The van der Waals surface area contributed by atoms with Gasteiger partial charge in [-0.3, -0.25) is 4.79 Å². The minimum Gasteiger partial charge on any atom is -0.452 e. The van der Waals surface area contributed by atoms with Gasteiger partial charge in [-0.05, 0) is 24.3 Å². The van der Waals surface area contributed by atoms with Gasteiger partial charge in [-0.15, -0.1) is 0 Å². The summed E-state index contributed by atoms with van der Waals surface area (Å²) in [4.78, 5) is 10.9. The number of primary amides is 1. The second kappa shape index (κ2) is 5.12. The number of carbonyl (C=O) groups is 1. The summed E-state index contributed by atoms with van der Waals surface area (Å²) in [6.45, 7) is 0. The van der Waals surface area contributed by atoms with Crippen LogP contribution in [0, 0.1) is 17.5 Å². The van der Waals surface area contributed by atoms with Gasteiger partial charge in [0.25, 0.3) is 5.91 Å². The maximum absolute atomic E-state index is 13.5. The van der Waals surface area contributed by atoms with Crippen molar-refractivity contribution in [3.05, 3.63) is 53.3 Å². The third kappa shape index (κ3) is 2.51. The molecule has 2 aromatic rings. The maximum Gasteiger partial charge on any atom is 0.251 e. The standard InChI is InChI=1S/C13H9F3N2O2/c14-8-3-4-10(17)12(11(8)16)20-6-1-2-7(13(18)19)9(15)5-6/h1-5H,17H2,(H2,18,19). The summed E-state index contributed by atoms with van der Waals surface area (Å²) >= 11 is 0. The minimum absolute atomic E-state index is 0.149. The van der Waals surface area contributed by atoms with Crippen LogP contribution in [0.5, 0.6) is 11.5 Å². The molecule has 0 radical (unpaired) electrons. The van der Waals surface area contributed by atoms with E-state index in [1.54, 1.807) is 0 Å². The summed E-state index contributed by atoms with van der Waals surface area (Å²) in [5, 5.41) is 0. The average Bonchev–Trinajstić information content (AvgIpc) is 2.39. The number of hydrogen-bond acceptors (Lipinski definition) is 3. The highest BCUT2D eigenvalue weighted by Crippen LogP contribution is 2.32. The Morgan fingerprint density at radius 1 is 1.05 bits per heavy atom. The summed E-state index contributed by atoms with van der Waals surface area (Å²) < 4.78 is 45.1. The molecule has 2 aromatic carbocycles. The molecule has 20 heavy (non-hydrogen) atoms. The second-order valence-electron chi connectivity index (χ2n) is 3.89. The molecule has 0 aliphatic rings. The Labute approximate surface area is 111 Å². The number of carbonyl (C=O) groups excluding carboxylic acids is 1. The number of halogens is 3. The highest BCUT2D eigenvalue weighted by atomic mass is 19.2. The van der Waals surface area contributed by atoms with Gasteiger partial charge in [0.15, 0.2) is 11.6 Å². The Morgan fingerprint density at radius 3 is 2.35 bits per heavy atom. The van der Waals surface area contributed by atoms with E-state index in [1.165, 1.54) is 6.07 Å². The summed E-state index contributed by atoms with van der Waals surface area (Å²) in [6.07, 6.45) is 0. The molecule has 0 aromatic heterocycles. The summed E-state index contributed by atoms with van der Waals surface area (Å²) in [6, 6.07) is 5.04. The van der Waals surface area contributed by atoms with Gasteiger partial charge < -0.3 is 16.2 Å². The third-order valence-electron chi connectivity index (χ3n) is 2.51. The number of amides is 1. The van der Waals surface area contributed by atoms with Gasteiger partial charge in [-0.25, -0.2) is 8.78 Å². The molecule has 0 saturated carbocycles. The van der Waals surface area contributed by atoms with Crippen molar-refractivity contribution in [2.24, 2.45) is 5.73 Å². The fourth-order valence-electron chi connectivity index (χ4n) is 1.53. The number of benzene rings is 2. The van der Waals surface area contributed by atoms with Gasteiger partial charge in [0.1, 0.15) is 11.6 Å². The highest BCUT2D eigenvalue weighted by molar-refractivity contribution is 5.93. The molecule has 104 valence electrons. The Hall–Kier alpha value is -2.70. The van der Waals surface area contributed by atoms with E-state index in [4.69, 9.17) is 16.2 Å². The largest absolute Gasteiger partial charge is 0.452 e. The van der Waals surface area contributed by atoms with Gasteiger partial charge in [0.05, 0.1) is 11.3 Å². The molecule has 4 nitrogen and oxygen atoms in total. The molecule has 0 spiro atoms. The van der Waals surface area contributed by atoms with E-state index in [-0.39, 0.29) is 17.0 Å². The lowest BCUT2D eigenvalue weighted by atomic mass is 10.2. The molecular weight excluding hydrogens is 273 g/mol. The van der Waals surface area contributed by atoms with Gasteiger partial charge >= 0.3 is 0 Å². The smallest absolute Gasteiger partial charge is 0.251 e. The number of nitrogens with two attached hydrogens (primary N) is 2. The van der Waals surface area contributed by atoms with Gasteiger partial charge in [0, 0.05) is 6.07 Å². The Balaban J connectivity index is 2.39. The molecule has 0 atom stereocenters. The van der Waals surface area contributed by atoms with Crippen LogP contribution in [-0.4, -0.2) is 5.91 Å². The molecule has 0 aliphatic heterocycles. The van der Waals surface area contributed by atoms with Crippen LogP contribution in [-0.2, 0) is 0 Å².